The zero-order valence-electron chi connectivity index (χ0n) is 11.9. The Morgan fingerprint density at radius 2 is 2.00 bits per heavy atom. The van der Waals surface area contributed by atoms with E-state index in [1.54, 1.807) is 6.20 Å². The summed E-state index contributed by atoms with van der Waals surface area (Å²) in [6, 6.07) is 10.5. The van der Waals surface area contributed by atoms with E-state index in [0.29, 0.717) is 6.04 Å². The maximum Gasteiger partial charge on any atom is 0.145 e. The lowest BCUT2D eigenvalue weighted by molar-refractivity contribution is 0.198. The van der Waals surface area contributed by atoms with Gasteiger partial charge in [0.25, 0.3) is 0 Å². The highest BCUT2D eigenvalue weighted by Gasteiger charge is 2.11. The molecule has 0 saturated heterocycles. The summed E-state index contributed by atoms with van der Waals surface area (Å²) in [5.74, 6) is 0.870. The molecule has 1 aromatic carbocycles. The number of hydrogen-bond donors (Lipinski definition) is 1. The van der Waals surface area contributed by atoms with Crippen LogP contribution in [0.3, 0.4) is 0 Å². The predicted octanol–water partition coefficient (Wildman–Crippen LogP) is 3.39. The highest BCUT2D eigenvalue weighted by Crippen LogP contribution is 2.24. The molecule has 0 spiro atoms. The molecule has 3 nitrogen and oxygen atoms in total. The third kappa shape index (κ3) is 3.67. The SMILES string of the molecule is CCNC(C)CC(C)Oc1cccc2cccnc12. The zero-order chi connectivity index (χ0) is 13.7. The van der Waals surface area contributed by atoms with Gasteiger partial charge in [0, 0.05) is 17.6 Å². The molecule has 0 bridgehead atoms. The van der Waals surface area contributed by atoms with Crippen LogP contribution in [0.1, 0.15) is 27.2 Å². The quantitative estimate of drug-likeness (QED) is 0.862. The monoisotopic (exact) mass is 258 g/mol. The van der Waals surface area contributed by atoms with Crippen LogP contribution < -0.4 is 10.1 Å². The lowest BCUT2D eigenvalue weighted by Gasteiger charge is -2.20. The van der Waals surface area contributed by atoms with E-state index >= 15 is 0 Å². The van der Waals surface area contributed by atoms with Crippen molar-refractivity contribution in [3.8, 4) is 5.75 Å². The van der Waals surface area contributed by atoms with E-state index in [0.717, 1.165) is 29.6 Å². The first-order chi connectivity index (χ1) is 9.20. The van der Waals surface area contributed by atoms with Gasteiger partial charge in [-0.05, 0) is 38.9 Å². The van der Waals surface area contributed by atoms with Crippen molar-refractivity contribution in [2.24, 2.45) is 0 Å². The van der Waals surface area contributed by atoms with E-state index in [4.69, 9.17) is 4.74 Å². The summed E-state index contributed by atoms with van der Waals surface area (Å²) in [7, 11) is 0. The minimum absolute atomic E-state index is 0.168. The van der Waals surface area contributed by atoms with E-state index < -0.39 is 0 Å². The van der Waals surface area contributed by atoms with Gasteiger partial charge in [0.1, 0.15) is 11.3 Å². The van der Waals surface area contributed by atoms with Crippen molar-refractivity contribution in [3.63, 3.8) is 0 Å². The van der Waals surface area contributed by atoms with Crippen LogP contribution in [0.15, 0.2) is 36.5 Å². The standard InChI is InChI=1S/C16H22N2O/c1-4-17-12(2)11-13(3)19-15-9-5-7-14-8-6-10-18-16(14)15/h5-10,12-13,17H,4,11H2,1-3H3. The maximum absolute atomic E-state index is 6.04. The van der Waals surface area contributed by atoms with Crippen LogP contribution >= 0.6 is 0 Å². The van der Waals surface area contributed by atoms with Crippen molar-refractivity contribution in [2.75, 3.05) is 6.54 Å². The molecule has 0 amide bonds. The normalized spacial score (nSPS) is 14.3. The fourth-order valence-corrected chi connectivity index (χ4v) is 2.37. The number of aromatic nitrogens is 1. The number of hydrogen-bond acceptors (Lipinski definition) is 3. The Balaban J connectivity index is 2.08. The fraction of sp³-hybridized carbons (Fsp3) is 0.438. The number of fused-ring (bicyclic) bond motifs is 1. The third-order valence-electron chi connectivity index (χ3n) is 3.16. The van der Waals surface area contributed by atoms with Crippen molar-refractivity contribution in [1.29, 1.82) is 0 Å². The molecule has 1 aromatic heterocycles. The largest absolute Gasteiger partial charge is 0.488 e. The van der Waals surface area contributed by atoms with E-state index in [9.17, 15) is 0 Å². The fourth-order valence-electron chi connectivity index (χ4n) is 2.37. The summed E-state index contributed by atoms with van der Waals surface area (Å²) in [5.41, 5.74) is 0.938. The van der Waals surface area contributed by atoms with E-state index in [-0.39, 0.29) is 6.10 Å². The number of nitrogens with one attached hydrogen (secondary N) is 1. The molecule has 19 heavy (non-hydrogen) atoms. The summed E-state index contributed by atoms with van der Waals surface area (Å²) in [5, 5.41) is 4.52. The lowest BCUT2D eigenvalue weighted by Crippen LogP contribution is -2.30. The molecular weight excluding hydrogens is 236 g/mol. The molecule has 0 aliphatic rings. The summed E-state index contributed by atoms with van der Waals surface area (Å²) < 4.78 is 6.04. The summed E-state index contributed by atoms with van der Waals surface area (Å²) in [6.07, 6.45) is 2.96. The second kappa shape index (κ2) is 6.53. The first kappa shape index (κ1) is 13.8. The molecule has 2 atom stereocenters. The highest BCUT2D eigenvalue weighted by atomic mass is 16.5. The number of nitrogens with zero attached hydrogens (tertiary/aromatic N) is 1. The van der Waals surface area contributed by atoms with Crippen LogP contribution in [-0.2, 0) is 0 Å². The van der Waals surface area contributed by atoms with Gasteiger partial charge >= 0.3 is 0 Å². The number of para-hydroxylation sites is 1. The van der Waals surface area contributed by atoms with Crippen molar-refractivity contribution < 1.29 is 4.74 Å². The average molecular weight is 258 g/mol. The van der Waals surface area contributed by atoms with Gasteiger partial charge in [0.15, 0.2) is 0 Å². The molecule has 2 aromatic rings. The van der Waals surface area contributed by atoms with Crippen LogP contribution in [0.4, 0.5) is 0 Å². The second-order valence-electron chi connectivity index (χ2n) is 4.95. The van der Waals surface area contributed by atoms with Gasteiger partial charge in [-0.2, -0.15) is 0 Å². The van der Waals surface area contributed by atoms with Gasteiger partial charge < -0.3 is 10.1 Å². The second-order valence-corrected chi connectivity index (χ2v) is 4.95. The van der Waals surface area contributed by atoms with Gasteiger partial charge in [0.2, 0.25) is 0 Å². The smallest absolute Gasteiger partial charge is 0.145 e. The lowest BCUT2D eigenvalue weighted by atomic mass is 10.1. The van der Waals surface area contributed by atoms with Crippen LogP contribution in [0.25, 0.3) is 10.9 Å². The minimum Gasteiger partial charge on any atom is -0.488 e. The topological polar surface area (TPSA) is 34.1 Å². The van der Waals surface area contributed by atoms with Crippen LogP contribution in [0.2, 0.25) is 0 Å². The van der Waals surface area contributed by atoms with Crippen molar-refractivity contribution >= 4 is 10.9 Å². The number of benzene rings is 1. The van der Waals surface area contributed by atoms with Gasteiger partial charge in [-0.15, -0.1) is 0 Å². The first-order valence-corrected chi connectivity index (χ1v) is 6.94. The third-order valence-corrected chi connectivity index (χ3v) is 3.16. The van der Waals surface area contributed by atoms with Gasteiger partial charge in [-0.3, -0.25) is 4.98 Å². The van der Waals surface area contributed by atoms with Crippen LogP contribution in [-0.4, -0.2) is 23.7 Å². The molecule has 0 radical (unpaired) electrons. The molecule has 0 saturated carbocycles. The minimum atomic E-state index is 0.168. The van der Waals surface area contributed by atoms with Gasteiger partial charge in [-0.25, -0.2) is 0 Å². The average Bonchev–Trinajstić information content (AvgIpc) is 2.39. The number of ether oxygens (including phenoxy) is 1. The Morgan fingerprint density at radius 3 is 2.79 bits per heavy atom. The molecule has 0 fully saturated rings. The molecular formula is C16H22N2O. The first-order valence-electron chi connectivity index (χ1n) is 6.94. The molecule has 0 aliphatic carbocycles. The van der Waals surface area contributed by atoms with Gasteiger partial charge in [-0.1, -0.05) is 25.1 Å². The molecule has 1 N–H and O–H groups in total. The molecule has 3 heteroatoms. The van der Waals surface area contributed by atoms with Crippen LogP contribution in [0.5, 0.6) is 5.75 Å². The summed E-state index contributed by atoms with van der Waals surface area (Å²) >= 11 is 0. The summed E-state index contributed by atoms with van der Waals surface area (Å²) in [6.45, 7) is 7.40. The highest BCUT2D eigenvalue weighted by molar-refractivity contribution is 5.84. The molecule has 2 unspecified atom stereocenters. The van der Waals surface area contributed by atoms with Crippen molar-refractivity contribution in [3.05, 3.63) is 36.5 Å². The maximum atomic E-state index is 6.04. The van der Waals surface area contributed by atoms with Crippen molar-refractivity contribution in [2.45, 2.75) is 39.3 Å². The summed E-state index contributed by atoms with van der Waals surface area (Å²) in [4.78, 5) is 4.41. The van der Waals surface area contributed by atoms with E-state index in [2.05, 4.69) is 43.2 Å². The Kier molecular flexibility index (Phi) is 4.74. The Morgan fingerprint density at radius 1 is 1.21 bits per heavy atom. The molecule has 0 aliphatic heterocycles. The van der Waals surface area contributed by atoms with E-state index in [1.165, 1.54) is 0 Å². The molecule has 1 heterocycles. The zero-order valence-corrected chi connectivity index (χ0v) is 11.9. The van der Waals surface area contributed by atoms with Crippen LogP contribution in [0, 0.1) is 0 Å². The number of rotatable bonds is 6. The van der Waals surface area contributed by atoms with Gasteiger partial charge in [0.05, 0.1) is 6.10 Å². The van der Waals surface area contributed by atoms with Crippen molar-refractivity contribution in [1.82, 2.24) is 10.3 Å². The predicted molar refractivity (Wildman–Crippen MR) is 79.6 cm³/mol. The molecule has 102 valence electrons. The Hall–Kier alpha value is -1.61. The molecule has 2 rings (SSSR count). The Labute approximate surface area is 115 Å². The Bertz CT molecular complexity index is 522. The number of pyridine rings is 1. The van der Waals surface area contributed by atoms with E-state index in [1.807, 2.05) is 18.2 Å².